The molecule has 0 fully saturated rings. The van der Waals surface area contributed by atoms with Crippen LogP contribution in [-0.4, -0.2) is 37.4 Å². The van der Waals surface area contributed by atoms with E-state index >= 15 is 0 Å². The minimum Gasteiger partial charge on any atom is -0.393 e. The molecule has 0 amide bonds. The Hall–Kier alpha value is -1.61. The third-order valence-corrected chi connectivity index (χ3v) is 8.73. The van der Waals surface area contributed by atoms with E-state index in [2.05, 4.69) is 93.5 Å². The van der Waals surface area contributed by atoms with Crippen LogP contribution < -0.4 is 0 Å². The van der Waals surface area contributed by atoms with Gasteiger partial charge >= 0.3 is 0 Å². The van der Waals surface area contributed by atoms with Gasteiger partial charge in [-0.2, -0.15) is 0 Å². The van der Waals surface area contributed by atoms with Crippen molar-refractivity contribution >= 4 is 5.71 Å². The van der Waals surface area contributed by atoms with Crippen LogP contribution in [0.2, 0.25) is 0 Å². The van der Waals surface area contributed by atoms with Crippen LogP contribution in [0.5, 0.6) is 0 Å². The lowest BCUT2D eigenvalue weighted by atomic mass is 10.0. The normalized spacial score (nSPS) is 13.5. The largest absolute Gasteiger partial charge is 0.393 e. The Balaban J connectivity index is 4.04. The summed E-state index contributed by atoms with van der Waals surface area (Å²) in [5.41, 5.74) is 1.12. The molecule has 0 rings (SSSR count). The standard InChI is InChI=1S/C43H80N2O/c1-6-8-10-12-14-16-18-20-22-24-26-28-30-32-34-36-38-43(46-44-42(3)40-41-45(4)5)39-37-35-33-31-29-27-25-23-21-19-17-15-13-11-9-7-2/h14-17,20-23,43H,6-13,18-19,24-41H2,1-5H3. The van der Waals surface area contributed by atoms with E-state index in [9.17, 15) is 0 Å². The molecule has 3 heteroatoms. The molecule has 0 aliphatic heterocycles. The van der Waals surface area contributed by atoms with E-state index in [1.54, 1.807) is 0 Å². The fourth-order valence-electron chi connectivity index (χ4n) is 5.57. The number of hydrogen-bond donors (Lipinski definition) is 0. The summed E-state index contributed by atoms with van der Waals surface area (Å²) in [7, 11) is 4.24. The Morgan fingerprint density at radius 2 is 0.891 bits per heavy atom. The SMILES string of the molecule is CCCCCC=CCC=CCCCCCCCCC(CCCCCCCCC=CCC=CCCCCC)ON=C(C)CCN(C)C. The second-order valence-electron chi connectivity index (χ2n) is 13.9. The minimum absolute atomic E-state index is 0.283. The molecule has 0 unspecified atom stereocenters. The first-order chi connectivity index (χ1) is 22.6. The summed E-state index contributed by atoms with van der Waals surface area (Å²) in [6, 6.07) is 0. The number of allylic oxidation sites excluding steroid dienone is 8. The Labute approximate surface area is 289 Å². The van der Waals surface area contributed by atoms with Gasteiger partial charge in [0, 0.05) is 13.0 Å². The van der Waals surface area contributed by atoms with Crippen LogP contribution >= 0.6 is 0 Å². The smallest absolute Gasteiger partial charge is 0.127 e. The highest BCUT2D eigenvalue weighted by atomic mass is 16.6. The third-order valence-electron chi connectivity index (χ3n) is 8.73. The van der Waals surface area contributed by atoms with Crippen molar-refractivity contribution in [3.05, 3.63) is 48.6 Å². The van der Waals surface area contributed by atoms with E-state index < -0.39 is 0 Å². The lowest BCUT2D eigenvalue weighted by Gasteiger charge is -2.16. The monoisotopic (exact) mass is 641 g/mol. The molecule has 3 nitrogen and oxygen atoms in total. The minimum atomic E-state index is 0.283. The third kappa shape index (κ3) is 36.9. The van der Waals surface area contributed by atoms with E-state index in [1.165, 1.54) is 141 Å². The Kier molecular flexibility index (Phi) is 36.5. The molecule has 0 saturated carbocycles. The average molecular weight is 641 g/mol. The van der Waals surface area contributed by atoms with E-state index in [-0.39, 0.29) is 6.10 Å². The summed E-state index contributed by atoms with van der Waals surface area (Å²) >= 11 is 0. The van der Waals surface area contributed by atoms with Crippen molar-refractivity contribution in [3.8, 4) is 0 Å². The van der Waals surface area contributed by atoms with Crippen molar-refractivity contribution in [2.45, 2.75) is 200 Å². The number of nitrogens with zero attached hydrogens (tertiary/aromatic N) is 2. The van der Waals surface area contributed by atoms with E-state index in [0.717, 1.165) is 44.4 Å². The quantitative estimate of drug-likeness (QED) is 0.0298. The van der Waals surface area contributed by atoms with Gasteiger partial charge < -0.3 is 9.74 Å². The molecule has 0 N–H and O–H groups in total. The van der Waals surface area contributed by atoms with Gasteiger partial charge in [-0.15, -0.1) is 0 Å². The molecule has 0 aromatic heterocycles. The van der Waals surface area contributed by atoms with Crippen LogP contribution in [0.3, 0.4) is 0 Å². The van der Waals surface area contributed by atoms with E-state index in [1.807, 2.05) is 0 Å². The lowest BCUT2D eigenvalue weighted by molar-refractivity contribution is 0.0424. The highest BCUT2D eigenvalue weighted by Crippen LogP contribution is 2.18. The fourth-order valence-corrected chi connectivity index (χ4v) is 5.57. The van der Waals surface area contributed by atoms with Gasteiger partial charge in [-0.3, -0.25) is 0 Å². The first-order valence-electron chi connectivity index (χ1n) is 20.0. The van der Waals surface area contributed by atoms with Crippen LogP contribution in [-0.2, 0) is 4.84 Å². The van der Waals surface area contributed by atoms with Crippen molar-refractivity contribution in [2.75, 3.05) is 20.6 Å². The lowest BCUT2D eigenvalue weighted by Crippen LogP contribution is -2.16. The van der Waals surface area contributed by atoms with Crippen molar-refractivity contribution in [2.24, 2.45) is 5.16 Å². The molecular weight excluding hydrogens is 560 g/mol. The van der Waals surface area contributed by atoms with Crippen LogP contribution in [0, 0.1) is 0 Å². The maximum Gasteiger partial charge on any atom is 0.127 e. The molecule has 0 aromatic rings. The highest BCUT2D eigenvalue weighted by molar-refractivity contribution is 5.81. The first-order valence-corrected chi connectivity index (χ1v) is 20.0. The predicted molar refractivity (Wildman–Crippen MR) is 209 cm³/mol. The zero-order valence-corrected chi connectivity index (χ0v) is 31.8. The summed E-state index contributed by atoms with van der Waals surface area (Å²) in [6.45, 7) is 7.68. The molecule has 0 aromatic carbocycles. The van der Waals surface area contributed by atoms with Crippen LogP contribution in [0.15, 0.2) is 53.8 Å². The maximum absolute atomic E-state index is 6.13. The van der Waals surface area contributed by atoms with Crippen molar-refractivity contribution in [3.63, 3.8) is 0 Å². The molecule has 0 heterocycles. The van der Waals surface area contributed by atoms with Crippen molar-refractivity contribution in [1.29, 1.82) is 0 Å². The van der Waals surface area contributed by atoms with Gasteiger partial charge in [0.15, 0.2) is 0 Å². The topological polar surface area (TPSA) is 24.8 Å². The average Bonchev–Trinajstić information content (AvgIpc) is 3.05. The summed E-state index contributed by atoms with van der Waals surface area (Å²) in [6.07, 6.45) is 53.6. The maximum atomic E-state index is 6.13. The molecule has 0 aliphatic carbocycles. The molecular formula is C43H80N2O. The van der Waals surface area contributed by atoms with Crippen LogP contribution in [0.4, 0.5) is 0 Å². The molecule has 0 bridgehead atoms. The molecule has 0 radical (unpaired) electrons. The molecule has 0 saturated heterocycles. The predicted octanol–water partition coefficient (Wildman–Crippen LogP) is 14.1. The number of hydrogen-bond acceptors (Lipinski definition) is 3. The molecule has 268 valence electrons. The van der Waals surface area contributed by atoms with E-state index in [0.29, 0.717) is 0 Å². The van der Waals surface area contributed by atoms with Gasteiger partial charge in [0.05, 0.1) is 5.71 Å². The summed E-state index contributed by atoms with van der Waals surface area (Å²) in [5, 5.41) is 4.55. The van der Waals surface area contributed by atoms with Crippen LogP contribution in [0.25, 0.3) is 0 Å². The van der Waals surface area contributed by atoms with Crippen molar-refractivity contribution in [1.82, 2.24) is 4.90 Å². The Morgan fingerprint density at radius 1 is 0.522 bits per heavy atom. The van der Waals surface area contributed by atoms with Crippen molar-refractivity contribution < 1.29 is 4.84 Å². The second kappa shape index (κ2) is 37.8. The van der Waals surface area contributed by atoms with Gasteiger partial charge in [0.25, 0.3) is 0 Å². The Bertz CT molecular complexity index is 700. The van der Waals surface area contributed by atoms with Gasteiger partial charge in [0.1, 0.15) is 6.10 Å². The summed E-state index contributed by atoms with van der Waals surface area (Å²) in [5.74, 6) is 0. The number of rotatable bonds is 35. The first kappa shape index (κ1) is 44.4. The van der Waals surface area contributed by atoms with Gasteiger partial charge in [-0.1, -0.05) is 145 Å². The Morgan fingerprint density at radius 3 is 1.28 bits per heavy atom. The molecule has 0 aliphatic rings. The van der Waals surface area contributed by atoms with E-state index in [4.69, 9.17) is 4.84 Å². The summed E-state index contributed by atoms with van der Waals surface area (Å²) < 4.78 is 0. The zero-order chi connectivity index (χ0) is 33.6. The number of oxime groups is 1. The molecule has 0 spiro atoms. The van der Waals surface area contributed by atoms with Gasteiger partial charge in [-0.25, -0.2) is 0 Å². The van der Waals surface area contributed by atoms with Crippen LogP contribution in [0.1, 0.15) is 194 Å². The summed E-state index contributed by atoms with van der Waals surface area (Å²) in [4.78, 5) is 8.34. The highest BCUT2D eigenvalue weighted by Gasteiger charge is 2.10. The molecule has 46 heavy (non-hydrogen) atoms. The zero-order valence-electron chi connectivity index (χ0n) is 31.8. The number of unbranched alkanes of at least 4 members (excludes halogenated alkanes) is 18. The van der Waals surface area contributed by atoms with Gasteiger partial charge in [-0.05, 0) is 111 Å². The molecule has 0 atom stereocenters. The fraction of sp³-hybridized carbons (Fsp3) is 0.791. The second-order valence-corrected chi connectivity index (χ2v) is 13.9. The van der Waals surface area contributed by atoms with Gasteiger partial charge in [0.2, 0.25) is 0 Å².